The van der Waals surface area contributed by atoms with Crippen molar-refractivity contribution in [3.63, 3.8) is 0 Å². The largest absolute Gasteiger partial charge is 0.444 e. The van der Waals surface area contributed by atoms with Crippen molar-refractivity contribution in [3.8, 4) is 0 Å². The van der Waals surface area contributed by atoms with Crippen LogP contribution in [0, 0.1) is 0 Å². The number of nitrogens with zero attached hydrogens (tertiary/aromatic N) is 1. The molecule has 2 saturated heterocycles. The van der Waals surface area contributed by atoms with E-state index in [-0.39, 0.29) is 23.6 Å². The fourth-order valence-corrected chi connectivity index (χ4v) is 4.26. The number of aliphatic hydroxyl groups excluding tert-OH is 1. The Hall–Kier alpha value is -2.16. The molecule has 0 spiro atoms. The molecule has 2 aliphatic heterocycles. The van der Waals surface area contributed by atoms with Gasteiger partial charge < -0.3 is 25.2 Å². The van der Waals surface area contributed by atoms with Gasteiger partial charge in [-0.2, -0.15) is 0 Å². The number of alkyl carbamates (subject to hydrolysis) is 1. The molecular formula is C24H37N3O5. The Labute approximate surface area is 190 Å². The molecule has 0 saturated carbocycles. The first-order chi connectivity index (χ1) is 15.2. The van der Waals surface area contributed by atoms with Crippen LogP contribution in [0.1, 0.15) is 45.6 Å². The Bertz CT molecular complexity index is 746. The Balaban J connectivity index is 1.64. The lowest BCUT2D eigenvalue weighted by Crippen LogP contribution is -2.54. The molecule has 8 nitrogen and oxygen atoms in total. The maximum atomic E-state index is 12.7. The third-order valence-corrected chi connectivity index (χ3v) is 5.81. The van der Waals surface area contributed by atoms with E-state index in [2.05, 4.69) is 10.6 Å². The number of hydrogen-bond acceptors (Lipinski definition) is 6. The van der Waals surface area contributed by atoms with Crippen molar-refractivity contribution < 1.29 is 24.2 Å². The molecule has 1 aromatic rings. The molecule has 3 rings (SSSR count). The maximum absolute atomic E-state index is 12.7. The summed E-state index contributed by atoms with van der Waals surface area (Å²) in [5, 5.41) is 17.0. The molecule has 2 amide bonds. The number of hydrogen-bond donors (Lipinski definition) is 3. The van der Waals surface area contributed by atoms with Crippen LogP contribution in [-0.2, 0) is 20.7 Å². The van der Waals surface area contributed by atoms with Gasteiger partial charge in [0.2, 0.25) is 5.91 Å². The lowest BCUT2D eigenvalue weighted by atomic mass is 10.0. The van der Waals surface area contributed by atoms with Gasteiger partial charge in [0.15, 0.2) is 0 Å². The number of rotatable bonds is 8. The van der Waals surface area contributed by atoms with Crippen LogP contribution in [0.2, 0.25) is 0 Å². The van der Waals surface area contributed by atoms with E-state index in [1.807, 2.05) is 56.0 Å². The van der Waals surface area contributed by atoms with Crippen molar-refractivity contribution in [2.24, 2.45) is 0 Å². The van der Waals surface area contributed by atoms with E-state index in [9.17, 15) is 14.7 Å². The topological polar surface area (TPSA) is 100 Å². The molecule has 8 heteroatoms. The number of carbonyl (C=O) groups excluding carboxylic acids is 2. The number of benzene rings is 1. The molecule has 2 fully saturated rings. The van der Waals surface area contributed by atoms with Gasteiger partial charge in [-0.3, -0.25) is 9.69 Å². The van der Waals surface area contributed by atoms with Gasteiger partial charge in [-0.25, -0.2) is 4.79 Å². The summed E-state index contributed by atoms with van der Waals surface area (Å²) in [7, 11) is 0. The van der Waals surface area contributed by atoms with Crippen LogP contribution >= 0.6 is 0 Å². The fraction of sp³-hybridized carbons (Fsp3) is 0.667. The Morgan fingerprint density at radius 1 is 1.25 bits per heavy atom. The van der Waals surface area contributed by atoms with Crippen LogP contribution in [0.3, 0.4) is 0 Å². The van der Waals surface area contributed by atoms with Gasteiger partial charge in [0, 0.05) is 18.5 Å². The highest BCUT2D eigenvalue weighted by Gasteiger charge is 2.35. The van der Waals surface area contributed by atoms with Gasteiger partial charge in [-0.1, -0.05) is 30.3 Å². The fourth-order valence-electron chi connectivity index (χ4n) is 4.26. The first-order valence-electron chi connectivity index (χ1n) is 11.5. The normalized spacial score (nSPS) is 23.5. The molecular weight excluding hydrogens is 410 g/mol. The van der Waals surface area contributed by atoms with Crippen LogP contribution in [0.5, 0.6) is 0 Å². The zero-order valence-electron chi connectivity index (χ0n) is 19.4. The predicted octanol–water partition coefficient (Wildman–Crippen LogP) is 1.85. The molecule has 0 radical (unpaired) electrons. The summed E-state index contributed by atoms with van der Waals surface area (Å²) in [6.45, 7) is 7.89. The highest BCUT2D eigenvalue weighted by molar-refractivity contribution is 5.82. The van der Waals surface area contributed by atoms with E-state index in [0.717, 1.165) is 24.9 Å². The SMILES string of the molecule is CC(C)(C)NC(=O)[C@@H]1CCCN1C[C@@H](O)[C@H](Cc1ccccc1)NC(=O)O[C@@H]1CCOC1. The molecule has 2 aliphatic rings. The molecule has 4 atom stereocenters. The van der Waals surface area contributed by atoms with Gasteiger partial charge in [0.25, 0.3) is 0 Å². The summed E-state index contributed by atoms with van der Waals surface area (Å²) < 4.78 is 10.7. The number of β-amino-alcohol motifs (C(OH)–C–C–N with tert-alkyl or cyclic N) is 1. The first kappa shape index (κ1) is 24.5. The second-order valence-corrected chi connectivity index (χ2v) is 9.79. The zero-order valence-corrected chi connectivity index (χ0v) is 19.4. The molecule has 32 heavy (non-hydrogen) atoms. The summed E-state index contributed by atoms with van der Waals surface area (Å²) in [4.78, 5) is 27.3. The lowest BCUT2D eigenvalue weighted by Gasteiger charge is -2.32. The third-order valence-electron chi connectivity index (χ3n) is 5.81. The van der Waals surface area contributed by atoms with E-state index in [1.54, 1.807) is 0 Å². The first-order valence-corrected chi connectivity index (χ1v) is 11.5. The number of amides is 2. The van der Waals surface area contributed by atoms with Crippen LogP contribution in [-0.4, -0.2) is 78.1 Å². The summed E-state index contributed by atoms with van der Waals surface area (Å²) in [5.41, 5.74) is 0.694. The highest BCUT2D eigenvalue weighted by Crippen LogP contribution is 2.20. The molecule has 1 aromatic carbocycles. The minimum atomic E-state index is -0.856. The van der Waals surface area contributed by atoms with E-state index >= 15 is 0 Å². The van der Waals surface area contributed by atoms with E-state index < -0.39 is 18.2 Å². The van der Waals surface area contributed by atoms with Crippen molar-refractivity contribution in [2.75, 3.05) is 26.3 Å². The summed E-state index contributed by atoms with van der Waals surface area (Å²) >= 11 is 0. The minimum absolute atomic E-state index is 0.0181. The average Bonchev–Trinajstić information content (AvgIpc) is 3.39. The van der Waals surface area contributed by atoms with Crippen LogP contribution < -0.4 is 10.6 Å². The van der Waals surface area contributed by atoms with Crippen molar-refractivity contribution >= 4 is 12.0 Å². The Morgan fingerprint density at radius 3 is 2.66 bits per heavy atom. The molecule has 178 valence electrons. The molecule has 0 bridgehead atoms. The molecule has 0 aromatic heterocycles. The lowest BCUT2D eigenvalue weighted by molar-refractivity contribution is -0.127. The van der Waals surface area contributed by atoms with Crippen molar-refractivity contribution in [2.45, 2.75) is 76.3 Å². The van der Waals surface area contributed by atoms with E-state index in [4.69, 9.17) is 9.47 Å². The van der Waals surface area contributed by atoms with Gasteiger partial charge in [0.05, 0.1) is 31.4 Å². The number of likely N-dealkylation sites (tertiary alicyclic amines) is 1. The zero-order chi connectivity index (χ0) is 23.1. The molecule has 3 N–H and O–H groups in total. The third kappa shape index (κ3) is 7.46. The van der Waals surface area contributed by atoms with Gasteiger partial charge in [0.1, 0.15) is 6.10 Å². The standard InChI is InChI=1S/C24H37N3O5/c1-24(2,3)26-22(29)20-10-7-12-27(20)15-21(28)19(14-17-8-5-4-6-9-17)25-23(30)32-18-11-13-31-16-18/h4-6,8-9,18-21,28H,7,10-16H2,1-3H3,(H,25,30)(H,26,29)/t18-,19+,20+,21-/m1/s1. The number of aliphatic hydroxyl groups is 1. The van der Waals surface area contributed by atoms with Crippen LogP contribution in [0.15, 0.2) is 30.3 Å². The number of nitrogens with one attached hydrogen (secondary N) is 2. The highest BCUT2D eigenvalue weighted by atomic mass is 16.6. The van der Waals surface area contributed by atoms with E-state index in [1.165, 1.54) is 0 Å². The summed E-state index contributed by atoms with van der Waals surface area (Å²) in [6.07, 6.45) is 1.14. The van der Waals surface area contributed by atoms with Gasteiger partial charge in [-0.05, 0) is 52.1 Å². The predicted molar refractivity (Wildman–Crippen MR) is 121 cm³/mol. The van der Waals surface area contributed by atoms with Crippen molar-refractivity contribution in [3.05, 3.63) is 35.9 Å². The average molecular weight is 448 g/mol. The van der Waals surface area contributed by atoms with Gasteiger partial charge >= 0.3 is 6.09 Å². The molecule has 0 unspecified atom stereocenters. The summed E-state index contributed by atoms with van der Waals surface area (Å²) in [5.74, 6) is -0.0181. The van der Waals surface area contributed by atoms with Crippen molar-refractivity contribution in [1.82, 2.24) is 15.5 Å². The minimum Gasteiger partial charge on any atom is -0.444 e. The van der Waals surface area contributed by atoms with Gasteiger partial charge in [-0.15, -0.1) is 0 Å². The number of carbonyl (C=O) groups is 2. The Kier molecular flexibility index (Phi) is 8.51. The molecule has 2 heterocycles. The maximum Gasteiger partial charge on any atom is 0.407 e. The monoisotopic (exact) mass is 447 g/mol. The second-order valence-electron chi connectivity index (χ2n) is 9.79. The Morgan fingerprint density at radius 2 is 2.00 bits per heavy atom. The van der Waals surface area contributed by atoms with Crippen molar-refractivity contribution in [1.29, 1.82) is 0 Å². The van der Waals surface area contributed by atoms with Crippen LogP contribution in [0.4, 0.5) is 4.79 Å². The number of ether oxygens (including phenoxy) is 2. The smallest absolute Gasteiger partial charge is 0.407 e. The second kappa shape index (κ2) is 11.1. The van der Waals surface area contributed by atoms with Crippen LogP contribution in [0.25, 0.3) is 0 Å². The summed E-state index contributed by atoms with van der Waals surface area (Å²) in [6, 6.07) is 8.91. The van der Waals surface area contributed by atoms with E-state index in [0.29, 0.717) is 32.6 Å². The quantitative estimate of drug-likeness (QED) is 0.562. The molecule has 0 aliphatic carbocycles.